The number of nitrogens with zero attached hydrogens (tertiary/aromatic N) is 2. The molecule has 0 saturated carbocycles. The van der Waals surface area contributed by atoms with E-state index in [4.69, 9.17) is 0 Å². The molecule has 0 fully saturated rings. The van der Waals surface area contributed by atoms with E-state index in [0.29, 0.717) is 0 Å². The Bertz CT molecular complexity index is 3510. The highest BCUT2D eigenvalue weighted by Gasteiger charge is 2.21. The van der Waals surface area contributed by atoms with Gasteiger partial charge in [-0.1, -0.05) is 146 Å². The van der Waals surface area contributed by atoms with Gasteiger partial charge in [0.15, 0.2) is 0 Å². The Labute approximate surface area is 380 Å². The maximum Gasteiger partial charge on any atom is 0.0488 e. The number of anilines is 6. The molecule has 64 heavy (non-hydrogen) atoms. The Morgan fingerprint density at radius 3 is 1.12 bits per heavy atom. The molecule has 0 bridgehead atoms. The predicted octanol–water partition coefficient (Wildman–Crippen LogP) is 18.4. The standard InChI is InChI=1S/C60H40N2S2/c1-4-14-41(15-5-1)43-24-29-48(30-25-43)61(49-31-26-44(27-32-49)42-16-6-2-7-17-42)51-36-46(45-28-34-59-55(38-45)53-20-10-12-22-57(53)63-59)37-52(39-51)62(47-18-8-3-9-19-47)50-33-35-60-56(40-50)54-21-11-13-23-58(54)64-60/h1-40H. The fourth-order valence-corrected chi connectivity index (χ4v) is 11.3. The summed E-state index contributed by atoms with van der Waals surface area (Å²) in [5.41, 5.74) is 13.5. The first-order chi connectivity index (χ1) is 31.7. The minimum absolute atomic E-state index is 1.06. The number of benzene rings is 10. The molecule has 0 radical (unpaired) electrons. The molecule has 12 rings (SSSR count). The van der Waals surface area contributed by atoms with Crippen LogP contribution in [0.4, 0.5) is 34.1 Å². The monoisotopic (exact) mass is 852 g/mol. The number of fused-ring (bicyclic) bond motifs is 6. The lowest BCUT2D eigenvalue weighted by Gasteiger charge is -2.30. The van der Waals surface area contributed by atoms with Crippen molar-refractivity contribution in [3.05, 3.63) is 243 Å². The van der Waals surface area contributed by atoms with E-state index in [1.807, 2.05) is 22.7 Å². The quantitative estimate of drug-likeness (QED) is 0.143. The first-order valence-electron chi connectivity index (χ1n) is 21.6. The summed E-state index contributed by atoms with van der Waals surface area (Å²) in [5, 5.41) is 5.13. The van der Waals surface area contributed by atoms with Crippen LogP contribution < -0.4 is 9.80 Å². The van der Waals surface area contributed by atoms with Gasteiger partial charge in [-0.2, -0.15) is 0 Å². The maximum absolute atomic E-state index is 2.42. The van der Waals surface area contributed by atoms with E-state index in [1.54, 1.807) is 0 Å². The average Bonchev–Trinajstić information content (AvgIpc) is 3.93. The zero-order valence-electron chi connectivity index (χ0n) is 34.8. The van der Waals surface area contributed by atoms with Gasteiger partial charge in [0.05, 0.1) is 0 Å². The van der Waals surface area contributed by atoms with Gasteiger partial charge >= 0.3 is 0 Å². The lowest BCUT2D eigenvalue weighted by atomic mass is 9.99. The number of rotatable bonds is 9. The van der Waals surface area contributed by atoms with Gasteiger partial charge in [-0.15, -0.1) is 22.7 Å². The molecule has 0 aliphatic carbocycles. The van der Waals surface area contributed by atoms with Crippen molar-refractivity contribution in [2.75, 3.05) is 9.80 Å². The normalized spacial score (nSPS) is 11.4. The van der Waals surface area contributed by atoms with Crippen molar-refractivity contribution in [3.8, 4) is 33.4 Å². The summed E-state index contributed by atoms with van der Waals surface area (Å²) in [7, 11) is 0. The van der Waals surface area contributed by atoms with E-state index in [1.165, 1.54) is 68.2 Å². The van der Waals surface area contributed by atoms with E-state index in [-0.39, 0.29) is 0 Å². The van der Waals surface area contributed by atoms with Crippen molar-refractivity contribution in [3.63, 3.8) is 0 Å². The van der Waals surface area contributed by atoms with Gasteiger partial charge in [0.2, 0.25) is 0 Å². The van der Waals surface area contributed by atoms with Gasteiger partial charge in [0.25, 0.3) is 0 Å². The van der Waals surface area contributed by atoms with E-state index < -0.39 is 0 Å². The van der Waals surface area contributed by atoms with Crippen LogP contribution in [-0.2, 0) is 0 Å². The van der Waals surface area contributed by atoms with Gasteiger partial charge in [-0.3, -0.25) is 0 Å². The van der Waals surface area contributed by atoms with Crippen molar-refractivity contribution < 1.29 is 0 Å². The van der Waals surface area contributed by atoms with E-state index in [2.05, 4.69) is 252 Å². The van der Waals surface area contributed by atoms with E-state index >= 15 is 0 Å². The lowest BCUT2D eigenvalue weighted by molar-refractivity contribution is 1.25. The summed E-state index contributed by atoms with van der Waals surface area (Å²) >= 11 is 3.71. The minimum atomic E-state index is 1.06. The maximum atomic E-state index is 2.42. The van der Waals surface area contributed by atoms with Gasteiger partial charge in [0, 0.05) is 74.5 Å². The van der Waals surface area contributed by atoms with Crippen LogP contribution in [0.1, 0.15) is 0 Å². The zero-order valence-corrected chi connectivity index (χ0v) is 36.4. The first kappa shape index (κ1) is 38.0. The number of para-hydroxylation sites is 1. The SMILES string of the molecule is c1ccc(-c2ccc(N(c3ccc(-c4ccccc4)cc3)c3cc(-c4ccc5sc6ccccc6c5c4)cc(N(c4ccccc4)c4ccc5sc6ccccc6c5c4)c3)cc2)cc1. The third-order valence-corrected chi connectivity index (χ3v) is 14.5. The van der Waals surface area contributed by atoms with Gasteiger partial charge in [0.1, 0.15) is 0 Å². The molecule has 0 N–H and O–H groups in total. The molecule has 302 valence electrons. The molecule has 0 atom stereocenters. The fraction of sp³-hybridized carbons (Fsp3) is 0. The second-order valence-corrected chi connectivity index (χ2v) is 18.3. The summed E-state index contributed by atoms with van der Waals surface area (Å²) in [6.07, 6.45) is 0. The van der Waals surface area contributed by atoms with Crippen molar-refractivity contribution >= 4 is 97.1 Å². The van der Waals surface area contributed by atoms with Crippen molar-refractivity contribution in [2.24, 2.45) is 0 Å². The van der Waals surface area contributed by atoms with Gasteiger partial charge in [-0.05, 0) is 130 Å². The summed E-state index contributed by atoms with van der Waals surface area (Å²) in [6, 6.07) is 88.6. The van der Waals surface area contributed by atoms with Gasteiger partial charge < -0.3 is 9.80 Å². The molecule has 0 aliphatic rings. The number of thiophene rings is 2. The van der Waals surface area contributed by atoms with Crippen LogP contribution >= 0.6 is 22.7 Å². The molecule has 0 saturated heterocycles. The summed E-state index contributed by atoms with van der Waals surface area (Å²) < 4.78 is 5.18. The third-order valence-electron chi connectivity index (χ3n) is 12.2. The van der Waals surface area contributed by atoms with Crippen molar-refractivity contribution in [1.82, 2.24) is 0 Å². The fourth-order valence-electron chi connectivity index (χ4n) is 9.12. The average molecular weight is 853 g/mol. The summed E-state index contributed by atoms with van der Waals surface area (Å²) in [4.78, 5) is 4.83. The Morgan fingerprint density at radius 1 is 0.203 bits per heavy atom. The summed E-state index contributed by atoms with van der Waals surface area (Å²) in [6.45, 7) is 0. The van der Waals surface area contributed by atoms with E-state index in [0.717, 1.165) is 39.7 Å². The second kappa shape index (κ2) is 16.2. The molecule has 2 aromatic heterocycles. The third kappa shape index (κ3) is 7.00. The number of hydrogen-bond donors (Lipinski definition) is 0. The molecule has 10 aromatic carbocycles. The zero-order chi connectivity index (χ0) is 42.4. The number of hydrogen-bond acceptors (Lipinski definition) is 4. The Kier molecular flexibility index (Phi) is 9.59. The van der Waals surface area contributed by atoms with Crippen LogP contribution in [0, 0.1) is 0 Å². The van der Waals surface area contributed by atoms with E-state index in [9.17, 15) is 0 Å². The largest absolute Gasteiger partial charge is 0.310 e. The molecule has 0 spiro atoms. The molecular formula is C60H40N2S2. The van der Waals surface area contributed by atoms with Crippen LogP contribution in [0.15, 0.2) is 243 Å². The molecular weight excluding hydrogens is 813 g/mol. The highest BCUT2D eigenvalue weighted by atomic mass is 32.1. The lowest BCUT2D eigenvalue weighted by Crippen LogP contribution is -2.13. The summed E-state index contributed by atoms with van der Waals surface area (Å²) in [5.74, 6) is 0. The second-order valence-electron chi connectivity index (χ2n) is 16.2. The molecule has 2 heterocycles. The van der Waals surface area contributed by atoms with Crippen LogP contribution in [0.5, 0.6) is 0 Å². The highest BCUT2D eigenvalue weighted by Crippen LogP contribution is 2.46. The van der Waals surface area contributed by atoms with Gasteiger partial charge in [-0.25, -0.2) is 0 Å². The van der Waals surface area contributed by atoms with Crippen LogP contribution in [-0.4, -0.2) is 0 Å². The Morgan fingerprint density at radius 2 is 0.578 bits per heavy atom. The molecule has 0 aliphatic heterocycles. The van der Waals surface area contributed by atoms with Crippen LogP contribution in [0.25, 0.3) is 73.7 Å². The molecule has 0 amide bonds. The van der Waals surface area contributed by atoms with Crippen LogP contribution in [0.2, 0.25) is 0 Å². The highest BCUT2D eigenvalue weighted by molar-refractivity contribution is 7.26. The topological polar surface area (TPSA) is 6.48 Å². The minimum Gasteiger partial charge on any atom is -0.310 e. The molecule has 0 unspecified atom stereocenters. The molecule has 4 heteroatoms. The molecule has 12 aromatic rings. The Hall–Kier alpha value is -7.76. The predicted molar refractivity (Wildman–Crippen MR) is 278 cm³/mol. The van der Waals surface area contributed by atoms with Crippen LogP contribution in [0.3, 0.4) is 0 Å². The smallest absolute Gasteiger partial charge is 0.0488 e. The molecule has 2 nitrogen and oxygen atoms in total. The van der Waals surface area contributed by atoms with Crippen molar-refractivity contribution in [1.29, 1.82) is 0 Å². The Balaban J connectivity index is 1.09. The van der Waals surface area contributed by atoms with Crippen molar-refractivity contribution in [2.45, 2.75) is 0 Å². The first-order valence-corrected chi connectivity index (χ1v) is 23.3.